The highest BCUT2D eigenvalue weighted by Gasteiger charge is 2.29. The van der Waals surface area contributed by atoms with E-state index in [-0.39, 0.29) is 36.6 Å². The van der Waals surface area contributed by atoms with Gasteiger partial charge in [-0.25, -0.2) is 0 Å². The van der Waals surface area contributed by atoms with E-state index >= 15 is 0 Å². The molecule has 2 N–H and O–H groups in total. The fourth-order valence-electron chi connectivity index (χ4n) is 3.93. The number of carbonyl (C=O) groups is 1. The van der Waals surface area contributed by atoms with Gasteiger partial charge < -0.3 is 10.6 Å². The van der Waals surface area contributed by atoms with E-state index in [2.05, 4.69) is 29.4 Å². The number of piperidine rings is 1. The molecule has 0 bridgehead atoms. The molecule has 1 amide bonds. The standard InChI is InChI=1S/C17H33N3O.2ClH/c1-3-14(4-2)16(20-10-5-6-11-20)13-19-17(21)15-8-7-9-18-12-15;;/h14-16,18H,3-13H2,1-2H3,(H,19,21);2*1H. The van der Waals surface area contributed by atoms with Crippen molar-refractivity contribution in [2.45, 2.75) is 58.4 Å². The SMILES string of the molecule is CCC(CC)C(CNC(=O)C1CCCNC1)N1CCCC1.Cl.Cl. The number of hydrogen-bond donors (Lipinski definition) is 2. The second-order valence-electron chi connectivity index (χ2n) is 6.68. The number of halogens is 2. The Morgan fingerprint density at radius 3 is 2.35 bits per heavy atom. The second-order valence-corrected chi connectivity index (χ2v) is 6.68. The zero-order valence-corrected chi connectivity index (χ0v) is 16.3. The monoisotopic (exact) mass is 367 g/mol. The van der Waals surface area contributed by atoms with E-state index in [1.807, 2.05) is 0 Å². The normalized spacial score (nSPS) is 23.0. The molecule has 4 nitrogen and oxygen atoms in total. The number of nitrogens with zero attached hydrogens (tertiary/aromatic N) is 1. The molecule has 0 spiro atoms. The van der Waals surface area contributed by atoms with Gasteiger partial charge in [0.25, 0.3) is 0 Å². The molecule has 2 saturated heterocycles. The van der Waals surface area contributed by atoms with Gasteiger partial charge in [-0.1, -0.05) is 26.7 Å². The maximum absolute atomic E-state index is 12.3. The summed E-state index contributed by atoms with van der Waals surface area (Å²) in [7, 11) is 0. The van der Waals surface area contributed by atoms with E-state index in [1.54, 1.807) is 0 Å². The largest absolute Gasteiger partial charge is 0.354 e. The third kappa shape index (κ3) is 6.77. The lowest BCUT2D eigenvalue weighted by Crippen LogP contribution is -2.49. The molecule has 2 aliphatic rings. The topological polar surface area (TPSA) is 44.4 Å². The lowest BCUT2D eigenvalue weighted by Gasteiger charge is -2.34. The predicted molar refractivity (Wildman–Crippen MR) is 102 cm³/mol. The first kappa shape index (κ1) is 23.0. The minimum atomic E-state index is 0. The summed E-state index contributed by atoms with van der Waals surface area (Å²) in [6.45, 7) is 9.74. The van der Waals surface area contributed by atoms with Crippen molar-refractivity contribution in [1.29, 1.82) is 0 Å². The van der Waals surface area contributed by atoms with Gasteiger partial charge in [0, 0.05) is 19.1 Å². The number of likely N-dealkylation sites (tertiary alicyclic amines) is 1. The van der Waals surface area contributed by atoms with Crippen LogP contribution in [0, 0.1) is 11.8 Å². The molecule has 2 rings (SSSR count). The van der Waals surface area contributed by atoms with Gasteiger partial charge in [-0.15, -0.1) is 24.8 Å². The molecule has 0 aliphatic carbocycles. The fourth-order valence-corrected chi connectivity index (χ4v) is 3.93. The van der Waals surface area contributed by atoms with Crippen LogP contribution in [0.1, 0.15) is 52.4 Å². The van der Waals surface area contributed by atoms with E-state index in [4.69, 9.17) is 0 Å². The Morgan fingerprint density at radius 1 is 1.17 bits per heavy atom. The molecule has 2 aliphatic heterocycles. The number of hydrogen-bond acceptors (Lipinski definition) is 3. The maximum Gasteiger partial charge on any atom is 0.224 e. The van der Waals surface area contributed by atoms with E-state index in [0.717, 1.165) is 32.5 Å². The highest BCUT2D eigenvalue weighted by atomic mass is 35.5. The van der Waals surface area contributed by atoms with Crippen molar-refractivity contribution in [2.75, 3.05) is 32.7 Å². The average molecular weight is 368 g/mol. The highest BCUT2D eigenvalue weighted by molar-refractivity contribution is 5.85. The molecule has 0 aromatic rings. The van der Waals surface area contributed by atoms with Crippen molar-refractivity contribution < 1.29 is 4.79 Å². The summed E-state index contributed by atoms with van der Waals surface area (Å²) in [6, 6.07) is 0.531. The minimum Gasteiger partial charge on any atom is -0.354 e. The number of rotatable bonds is 7. The van der Waals surface area contributed by atoms with Crippen LogP contribution in [0.2, 0.25) is 0 Å². The van der Waals surface area contributed by atoms with E-state index in [1.165, 1.54) is 38.8 Å². The number of carbonyl (C=O) groups excluding carboxylic acids is 1. The van der Waals surface area contributed by atoms with Gasteiger partial charge in [0.05, 0.1) is 5.92 Å². The van der Waals surface area contributed by atoms with Crippen molar-refractivity contribution in [3.63, 3.8) is 0 Å². The predicted octanol–water partition coefficient (Wildman–Crippen LogP) is 2.85. The number of nitrogens with one attached hydrogen (secondary N) is 2. The Kier molecular flexibility index (Phi) is 12.3. The van der Waals surface area contributed by atoms with Crippen LogP contribution in [0.4, 0.5) is 0 Å². The summed E-state index contributed by atoms with van der Waals surface area (Å²) < 4.78 is 0. The van der Waals surface area contributed by atoms with Gasteiger partial charge in [0.15, 0.2) is 0 Å². The Bertz CT molecular complexity index is 313. The Morgan fingerprint density at radius 2 is 1.83 bits per heavy atom. The van der Waals surface area contributed by atoms with Gasteiger partial charge >= 0.3 is 0 Å². The van der Waals surface area contributed by atoms with Crippen LogP contribution in [-0.4, -0.2) is 49.6 Å². The Balaban J connectivity index is 0.00000242. The maximum atomic E-state index is 12.3. The molecule has 138 valence electrons. The first-order valence-corrected chi connectivity index (χ1v) is 8.98. The highest BCUT2D eigenvalue weighted by Crippen LogP contribution is 2.22. The summed E-state index contributed by atoms with van der Waals surface area (Å²) in [5, 5.41) is 6.59. The third-order valence-electron chi connectivity index (χ3n) is 5.36. The van der Waals surface area contributed by atoms with Crippen molar-refractivity contribution in [1.82, 2.24) is 15.5 Å². The van der Waals surface area contributed by atoms with Crippen LogP contribution >= 0.6 is 24.8 Å². The van der Waals surface area contributed by atoms with E-state index in [9.17, 15) is 4.79 Å². The summed E-state index contributed by atoms with van der Waals surface area (Å²) in [5.41, 5.74) is 0. The summed E-state index contributed by atoms with van der Waals surface area (Å²) in [4.78, 5) is 15.0. The molecule has 6 heteroatoms. The summed E-state index contributed by atoms with van der Waals surface area (Å²) in [5.74, 6) is 1.14. The van der Waals surface area contributed by atoms with Gasteiger partial charge in [0.2, 0.25) is 5.91 Å². The molecular formula is C17H35Cl2N3O. The first-order valence-electron chi connectivity index (χ1n) is 8.98. The van der Waals surface area contributed by atoms with E-state index < -0.39 is 0 Å². The van der Waals surface area contributed by atoms with E-state index in [0.29, 0.717) is 12.0 Å². The molecule has 0 aromatic carbocycles. The van der Waals surface area contributed by atoms with Crippen molar-refractivity contribution >= 4 is 30.7 Å². The molecule has 2 fully saturated rings. The molecule has 0 aromatic heterocycles. The van der Waals surface area contributed by atoms with Crippen LogP contribution < -0.4 is 10.6 Å². The third-order valence-corrected chi connectivity index (χ3v) is 5.36. The average Bonchev–Trinajstić information content (AvgIpc) is 3.06. The van der Waals surface area contributed by atoms with Gasteiger partial charge in [-0.2, -0.15) is 0 Å². The zero-order valence-electron chi connectivity index (χ0n) is 14.7. The number of amides is 1. The Hall–Kier alpha value is -0.0300. The van der Waals surface area contributed by atoms with Crippen molar-refractivity contribution in [2.24, 2.45) is 11.8 Å². The fraction of sp³-hybridized carbons (Fsp3) is 0.941. The van der Waals surface area contributed by atoms with Gasteiger partial charge in [0.1, 0.15) is 0 Å². The quantitative estimate of drug-likeness (QED) is 0.726. The molecule has 0 saturated carbocycles. The molecule has 0 radical (unpaired) electrons. The van der Waals surface area contributed by atoms with Crippen LogP contribution in [-0.2, 0) is 4.79 Å². The van der Waals surface area contributed by atoms with Crippen LogP contribution in [0.15, 0.2) is 0 Å². The lowest BCUT2D eigenvalue weighted by molar-refractivity contribution is -0.125. The second kappa shape index (κ2) is 12.3. The zero-order chi connectivity index (χ0) is 15.1. The molecule has 2 heterocycles. The summed E-state index contributed by atoms with van der Waals surface area (Å²) >= 11 is 0. The molecule has 23 heavy (non-hydrogen) atoms. The molecular weight excluding hydrogens is 333 g/mol. The van der Waals surface area contributed by atoms with Crippen LogP contribution in [0.5, 0.6) is 0 Å². The van der Waals surface area contributed by atoms with Crippen LogP contribution in [0.25, 0.3) is 0 Å². The smallest absolute Gasteiger partial charge is 0.224 e. The van der Waals surface area contributed by atoms with Crippen molar-refractivity contribution in [3.05, 3.63) is 0 Å². The van der Waals surface area contributed by atoms with Gasteiger partial charge in [-0.05, 0) is 51.2 Å². The first-order chi connectivity index (χ1) is 10.3. The molecule has 2 unspecified atom stereocenters. The molecule has 2 atom stereocenters. The lowest BCUT2D eigenvalue weighted by atomic mass is 9.92. The van der Waals surface area contributed by atoms with Gasteiger partial charge in [-0.3, -0.25) is 9.69 Å². The van der Waals surface area contributed by atoms with Crippen molar-refractivity contribution in [3.8, 4) is 0 Å². The minimum absolute atomic E-state index is 0. The Labute approximate surface area is 154 Å². The van der Waals surface area contributed by atoms with Crippen LogP contribution in [0.3, 0.4) is 0 Å². The summed E-state index contributed by atoms with van der Waals surface area (Å²) in [6.07, 6.45) is 7.21.